The summed E-state index contributed by atoms with van der Waals surface area (Å²) in [6.07, 6.45) is 0.629. The number of fused-ring (bicyclic) bond motifs is 1. The number of hydrogen-bond donors (Lipinski definition) is 0. The van der Waals surface area contributed by atoms with Crippen LogP contribution in [0.1, 0.15) is 57.1 Å². The van der Waals surface area contributed by atoms with E-state index in [-0.39, 0.29) is 41.3 Å². The van der Waals surface area contributed by atoms with Crippen LogP contribution in [0.25, 0.3) is 0 Å². The van der Waals surface area contributed by atoms with Crippen LogP contribution in [-0.2, 0) is 25.9 Å². The van der Waals surface area contributed by atoms with Crippen LogP contribution in [0.5, 0.6) is 0 Å². The van der Waals surface area contributed by atoms with Gasteiger partial charge in [0.05, 0.1) is 41.0 Å². The number of hydrogen-bond acceptors (Lipinski definition) is 8. The van der Waals surface area contributed by atoms with E-state index in [0.717, 1.165) is 4.90 Å². The number of carbonyl (C=O) groups is 4. The molecule has 0 aliphatic carbocycles. The number of imide groups is 1. The number of carbonyl (C=O) groups excluding carboxylic acids is 4. The fourth-order valence-electron chi connectivity index (χ4n) is 4.25. The highest BCUT2D eigenvalue weighted by atomic mass is 32.2. The maximum absolute atomic E-state index is 12.9. The lowest BCUT2D eigenvalue weighted by molar-refractivity contribution is -0.141. The van der Waals surface area contributed by atoms with Gasteiger partial charge in [0, 0.05) is 12.6 Å². The van der Waals surface area contributed by atoms with Gasteiger partial charge in [-0.25, -0.2) is 13.2 Å². The maximum Gasteiger partial charge on any atom is 0.338 e. The molecule has 11 heteroatoms. The molecule has 4 rings (SSSR count). The van der Waals surface area contributed by atoms with Crippen molar-refractivity contribution in [1.29, 1.82) is 0 Å². The quantitative estimate of drug-likeness (QED) is 0.425. The van der Waals surface area contributed by atoms with Gasteiger partial charge in [0.1, 0.15) is 5.76 Å². The van der Waals surface area contributed by atoms with E-state index in [1.54, 1.807) is 19.1 Å². The number of sulfone groups is 1. The summed E-state index contributed by atoms with van der Waals surface area (Å²) in [6.45, 7) is 3.39. The largest absolute Gasteiger partial charge is 0.467 e. The molecule has 1 aromatic heterocycles. The van der Waals surface area contributed by atoms with Crippen LogP contribution in [0.2, 0.25) is 0 Å². The summed E-state index contributed by atoms with van der Waals surface area (Å²) in [7, 11) is -3.18. The number of rotatable bonds is 7. The van der Waals surface area contributed by atoms with Gasteiger partial charge in [-0.15, -0.1) is 0 Å². The van der Waals surface area contributed by atoms with Gasteiger partial charge in [0.25, 0.3) is 17.7 Å². The third-order valence-electron chi connectivity index (χ3n) is 6.00. The predicted molar refractivity (Wildman–Crippen MR) is 119 cm³/mol. The van der Waals surface area contributed by atoms with Crippen molar-refractivity contribution in [1.82, 2.24) is 9.80 Å². The van der Waals surface area contributed by atoms with Gasteiger partial charge >= 0.3 is 5.97 Å². The van der Waals surface area contributed by atoms with E-state index in [1.165, 1.54) is 36.3 Å². The molecule has 1 aromatic carbocycles. The predicted octanol–water partition coefficient (Wildman–Crippen LogP) is 1.66. The molecule has 34 heavy (non-hydrogen) atoms. The molecule has 1 saturated heterocycles. The monoisotopic (exact) mass is 488 g/mol. The molecule has 0 bridgehead atoms. The summed E-state index contributed by atoms with van der Waals surface area (Å²) in [5.74, 6) is -2.02. The molecule has 2 atom stereocenters. The third kappa shape index (κ3) is 4.47. The number of likely N-dealkylation sites (N-methyl/N-ethyl adjacent to an activating group) is 1. The zero-order valence-corrected chi connectivity index (χ0v) is 19.5. The Morgan fingerprint density at radius 3 is 2.56 bits per heavy atom. The minimum atomic E-state index is -3.18. The average Bonchev–Trinajstić information content (AvgIpc) is 3.50. The summed E-state index contributed by atoms with van der Waals surface area (Å²) < 4.78 is 34.1. The number of ether oxygens (including phenoxy) is 1. The Balaban J connectivity index is 1.45. The second-order valence-corrected chi connectivity index (χ2v) is 10.5. The first-order chi connectivity index (χ1) is 16.1. The van der Waals surface area contributed by atoms with E-state index in [9.17, 15) is 27.6 Å². The smallest absolute Gasteiger partial charge is 0.338 e. The fraction of sp³-hybridized carbons (Fsp3) is 0.391. The normalized spacial score (nSPS) is 19.7. The number of benzene rings is 1. The van der Waals surface area contributed by atoms with Crippen molar-refractivity contribution in [3.63, 3.8) is 0 Å². The first-order valence-corrected chi connectivity index (χ1v) is 12.7. The number of nitrogens with zero attached hydrogens (tertiary/aromatic N) is 2. The Bertz CT molecular complexity index is 1250. The molecule has 0 saturated carbocycles. The number of amides is 3. The van der Waals surface area contributed by atoms with Crippen molar-refractivity contribution in [2.24, 2.45) is 0 Å². The zero-order chi connectivity index (χ0) is 24.6. The van der Waals surface area contributed by atoms with Crippen LogP contribution >= 0.6 is 0 Å². The molecule has 2 aliphatic rings. The van der Waals surface area contributed by atoms with E-state index < -0.39 is 45.7 Å². The molecule has 3 amide bonds. The summed E-state index contributed by atoms with van der Waals surface area (Å²) in [5, 5.41) is 0. The van der Waals surface area contributed by atoms with Crippen molar-refractivity contribution >= 4 is 33.5 Å². The van der Waals surface area contributed by atoms with Crippen LogP contribution in [0.3, 0.4) is 0 Å². The van der Waals surface area contributed by atoms with Crippen molar-refractivity contribution in [3.05, 3.63) is 59.0 Å². The molecule has 0 spiro atoms. The van der Waals surface area contributed by atoms with Gasteiger partial charge in [-0.05, 0) is 50.6 Å². The van der Waals surface area contributed by atoms with Crippen molar-refractivity contribution in [3.8, 4) is 0 Å². The highest BCUT2D eigenvalue weighted by Crippen LogP contribution is 2.26. The third-order valence-corrected chi connectivity index (χ3v) is 7.76. The van der Waals surface area contributed by atoms with Crippen LogP contribution in [-0.4, -0.2) is 72.1 Å². The highest BCUT2D eigenvalue weighted by molar-refractivity contribution is 7.91. The second-order valence-electron chi connectivity index (χ2n) is 8.26. The number of esters is 1. The second kappa shape index (κ2) is 9.05. The minimum absolute atomic E-state index is 0.0193. The summed E-state index contributed by atoms with van der Waals surface area (Å²) in [5.41, 5.74) is 0.249. The Morgan fingerprint density at radius 1 is 1.21 bits per heavy atom. The molecule has 2 aromatic rings. The summed E-state index contributed by atoms with van der Waals surface area (Å²) >= 11 is 0. The van der Waals surface area contributed by atoms with Gasteiger partial charge < -0.3 is 14.1 Å². The van der Waals surface area contributed by atoms with Crippen LogP contribution in [0.15, 0.2) is 41.0 Å². The Morgan fingerprint density at radius 2 is 1.94 bits per heavy atom. The maximum atomic E-state index is 12.9. The summed E-state index contributed by atoms with van der Waals surface area (Å²) in [4.78, 5) is 53.4. The van der Waals surface area contributed by atoms with Crippen molar-refractivity contribution < 1.29 is 36.7 Å². The van der Waals surface area contributed by atoms with Crippen molar-refractivity contribution in [2.75, 3.05) is 18.1 Å². The molecule has 10 nitrogen and oxygen atoms in total. The number of furan rings is 1. The zero-order valence-electron chi connectivity index (χ0n) is 18.7. The first-order valence-electron chi connectivity index (χ1n) is 10.9. The Hall–Kier alpha value is -3.47. The lowest BCUT2D eigenvalue weighted by Gasteiger charge is -2.29. The van der Waals surface area contributed by atoms with Gasteiger partial charge in [0.2, 0.25) is 0 Å². The van der Waals surface area contributed by atoms with Gasteiger partial charge in [0.15, 0.2) is 15.9 Å². The van der Waals surface area contributed by atoms with E-state index in [0.29, 0.717) is 12.2 Å². The lowest BCUT2D eigenvalue weighted by Crippen LogP contribution is -2.46. The topological polar surface area (TPSA) is 131 Å². The minimum Gasteiger partial charge on any atom is -0.467 e. The lowest BCUT2D eigenvalue weighted by atomic mass is 10.1. The van der Waals surface area contributed by atoms with Gasteiger partial charge in [-0.2, -0.15) is 0 Å². The van der Waals surface area contributed by atoms with Gasteiger partial charge in [-0.1, -0.05) is 0 Å². The van der Waals surface area contributed by atoms with Crippen molar-refractivity contribution in [2.45, 2.75) is 39.0 Å². The molecule has 0 unspecified atom stereocenters. The van der Waals surface area contributed by atoms with Crippen LogP contribution < -0.4 is 0 Å². The molecule has 3 heterocycles. The molecule has 180 valence electrons. The van der Waals surface area contributed by atoms with E-state index in [1.807, 2.05) is 0 Å². The summed E-state index contributed by atoms with van der Waals surface area (Å²) in [6, 6.07) is 6.86. The molecule has 0 radical (unpaired) electrons. The van der Waals surface area contributed by atoms with E-state index in [4.69, 9.17) is 9.15 Å². The first kappa shape index (κ1) is 23.7. The molecule has 1 fully saturated rings. The van der Waals surface area contributed by atoms with Crippen LogP contribution in [0.4, 0.5) is 0 Å². The molecule has 0 N–H and O–H groups in total. The molecular formula is C23H24N2O8S. The molecular weight excluding hydrogens is 464 g/mol. The van der Waals surface area contributed by atoms with E-state index in [2.05, 4.69) is 0 Å². The van der Waals surface area contributed by atoms with Gasteiger partial charge in [-0.3, -0.25) is 19.3 Å². The average molecular weight is 489 g/mol. The Labute approximate surface area is 196 Å². The Kier molecular flexibility index (Phi) is 6.30. The SMILES string of the molecule is CCN(C(=O)[C@H](C)OC(=O)c1ccc2c(c1)C(=O)N(Cc1ccco1)C2=O)[C@H]1CCS(=O)(=O)C1. The molecule has 2 aliphatic heterocycles. The standard InChI is InChI=1S/C23H24N2O8S/c1-3-24(16-8-10-34(30,31)13-16)20(26)14(2)33-23(29)15-6-7-18-19(11-15)22(28)25(21(18)27)12-17-5-4-9-32-17/h4-7,9,11,14,16H,3,8,10,12-13H2,1-2H3/t14-,16-/m0/s1. The highest BCUT2D eigenvalue weighted by Gasteiger charge is 2.38. The van der Waals surface area contributed by atoms with Crippen LogP contribution in [0, 0.1) is 0 Å². The van der Waals surface area contributed by atoms with E-state index >= 15 is 0 Å². The fourth-order valence-corrected chi connectivity index (χ4v) is 5.98.